The van der Waals surface area contributed by atoms with Crippen LogP contribution in [0.5, 0.6) is 5.88 Å². The van der Waals surface area contributed by atoms with Gasteiger partial charge in [-0.2, -0.15) is 0 Å². The molecule has 0 aliphatic heterocycles. The van der Waals surface area contributed by atoms with E-state index in [4.69, 9.17) is 9.47 Å². The molecule has 8 heteroatoms. The number of methoxy groups -OCH3 is 1. The van der Waals surface area contributed by atoms with Gasteiger partial charge >= 0.3 is 0 Å². The average Bonchev–Trinajstić information content (AvgIpc) is 2.87. The van der Waals surface area contributed by atoms with Crippen LogP contribution in [0.3, 0.4) is 0 Å². The maximum atomic E-state index is 12.3. The number of nitrogens with one attached hydrogen (secondary N) is 1. The molecule has 2 amide bonds. The minimum atomic E-state index is -0.311. The molecular formula is C14H24N4O4. The zero-order valence-electron chi connectivity index (χ0n) is 13.6. The van der Waals surface area contributed by atoms with Crippen LogP contribution in [0.15, 0.2) is 6.20 Å². The molecule has 1 N–H and O–H groups in total. The Balaban J connectivity index is 2.45. The number of carbonyl (C=O) groups excluding carboxylic acids is 2. The molecule has 0 unspecified atom stereocenters. The van der Waals surface area contributed by atoms with Crippen molar-refractivity contribution in [1.29, 1.82) is 0 Å². The number of aromatic nitrogens is 2. The number of ether oxygens (including phenoxy) is 2. The van der Waals surface area contributed by atoms with Gasteiger partial charge in [-0.05, 0) is 13.3 Å². The molecule has 124 valence electrons. The molecule has 0 fully saturated rings. The first-order valence-corrected chi connectivity index (χ1v) is 7.17. The standard InChI is InChI=1S/C14H24N4O4/c1-5-22-8-6-7-15-12(19)10-17(2)14(20)11-9-18(3)16-13(11)21-4/h9H,5-8,10H2,1-4H3,(H,15,19). The number of nitrogens with zero attached hydrogens (tertiary/aromatic N) is 3. The highest BCUT2D eigenvalue weighted by Crippen LogP contribution is 2.16. The fourth-order valence-electron chi connectivity index (χ4n) is 1.86. The molecule has 0 atom stereocenters. The largest absolute Gasteiger partial charge is 0.479 e. The summed E-state index contributed by atoms with van der Waals surface area (Å²) in [5.74, 6) is -0.277. The van der Waals surface area contributed by atoms with Gasteiger partial charge in [-0.1, -0.05) is 0 Å². The predicted octanol–water partition coefficient (Wildman–Crippen LogP) is 0.0435. The third kappa shape index (κ3) is 5.36. The molecule has 0 aromatic carbocycles. The first-order chi connectivity index (χ1) is 10.5. The van der Waals surface area contributed by atoms with Gasteiger partial charge in [0.2, 0.25) is 11.8 Å². The molecule has 1 aromatic heterocycles. The van der Waals surface area contributed by atoms with E-state index in [1.165, 1.54) is 16.7 Å². The third-order valence-electron chi connectivity index (χ3n) is 2.94. The maximum absolute atomic E-state index is 12.3. The van der Waals surface area contributed by atoms with Gasteiger partial charge in [-0.25, -0.2) is 0 Å². The minimum absolute atomic E-state index is 0.0223. The molecule has 0 aliphatic rings. The van der Waals surface area contributed by atoms with Gasteiger partial charge in [-0.15, -0.1) is 5.10 Å². The molecule has 0 spiro atoms. The summed E-state index contributed by atoms with van der Waals surface area (Å²) >= 11 is 0. The second kappa shape index (κ2) is 9.04. The minimum Gasteiger partial charge on any atom is -0.479 e. The second-order valence-electron chi connectivity index (χ2n) is 4.79. The number of amides is 2. The number of hydrogen-bond donors (Lipinski definition) is 1. The quantitative estimate of drug-likeness (QED) is 0.651. The van der Waals surface area contributed by atoms with E-state index in [9.17, 15) is 9.59 Å². The van der Waals surface area contributed by atoms with E-state index in [0.29, 0.717) is 25.3 Å². The van der Waals surface area contributed by atoms with Crippen LogP contribution in [0.1, 0.15) is 23.7 Å². The van der Waals surface area contributed by atoms with Crippen LogP contribution in [0, 0.1) is 0 Å². The number of rotatable bonds is 9. The maximum Gasteiger partial charge on any atom is 0.261 e. The lowest BCUT2D eigenvalue weighted by atomic mass is 10.3. The molecule has 0 radical (unpaired) electrons. The lowest BCUT2D eigenvalue weighted by molar-refractivity contribution is -0.121. The molecule has 1 heterocycles. The SMILES string of the molecule is CCOCCCNC(=O)CN(C)C(=O)c1cn(C)nc1OC. The van der Waals surface area contributed by atoms with Crippen LogP contribution < -0.4 is 10.1 Å². The molecule has 0 bridgehead atoms. The van der Waals surface area contributed by atoms with Gasteiger partial charge in [-0.3, -0.25) is 14.3 Å². The van der Waals surface area contributed by atoms with Crippen molar-refractivity contribution in [2.24, 2.45) is 7.05 Å². The summed E-state index contributed by atoms with van der Waals surface area (Å²) in [5, 5.41) is 6.77. The third-order valence-corrected chi connectivity index (χ3v) is 2.94. The number of carbonyl (C=O) groups is 2. The Morgan fingerprint density at radius 1 is 1.45 bits per heavy atom. The van der Waals surface area contributed by atoms with E-state index < -0.39 is 0 Å². The van der Waals surface area contributed by atoms with Crippen molar-refractivity contribution < 1.29 is 19.1 Å². The van der Waals surface area contributed by atoms with Crippen LogP contribution in [-0.4, -0.2) is 67.0 Å². The van der Waals surface area contributed by atoms with Crippen molar-refractivity contribution in [3.63, 3.8) is 0 Å². The fraction of sp³-hybridized carbons (Fsp3) is 0.643. The number of aryl methyl sites for hydroxylation is 1. The summed E-state index contributed by atoms with van der Waals surface area (Å²) in [6.07, 6.45) is 2.31. The normalized spacial score (nSPS) is 10.4. The lowest BCUT2D eigenvalue weighted by Gasteiger charge is -2.16. The Labute approximate surface area is 130 Å². The summed E-state index contributed by atoms with van der Waals surface area (Å²) in [4.78, 5) is 25.4. The molecule has 1 rings (SSSR count). The Hall–Kier alpha value is -2.09. The average molecular weight is 312 g/mol. The predicted molar refractivity (Wildman–Crippen MR) is 80.8 cm³/mol. The Bertz CT molecular complexity index is 501. The van der Waals surface area contributed by atoms with Crippen LogP contribution >= 0.6 is 0 Å². The summed E-state index contributed by atoms with van der Waals surface area (Å²) < 4.78 is 11.7. The number of hydrogen-bond acceptors (Lipinski definition) is 5. The fourth-order valence-corrected chi connectivity index (χ4v) is 1.86. The van der Waals surface area contributed by atoms with Crippen LogP contribution in [-0.2, 0) is 16.6 Å². The molecule has 0 aliphatic carbocycles. The van der Waals surface area contributed by atoms with E-state index in [2.05, 4.69) is 10.4 Å². The highest BCUT2D eigenvalue weighted by atomic mass is 16.5. The van der Waals surface area contributed by atoms with Gasteiger partial charge in [0.15, 0.2) is 0 Å². The van der Waals surface area contributed by atoms with Crippen molar-refractivity contribution in [1.82, 2.24) is 20.0 Å². The van der Waals surface area contributed by atoms with Crippen LogP contribution in [0.4, 0.5) is 0 Å². The molecular weight excluding hydrogens is 288 g/mol. The Morgan fingerprint density at radius 2 is 2.18 bits per heavy atom. The lowest BCUT2D eigenvalue weighted by Crippen LogP contribution is -2.38. The topological polar surface area (TPSA) is 85.7 Å². The van der Waals surface area contributed by atoms with Gasteiger partial charge in [0.25, 0.3) is 5.91 Å². The molecule has 0 saturated carbocycles. The first kappa shape index (κ1) is 18.0. The van der Waals surface area contributed by atoms with Crippen LogP contribution in [0.2, 0.25) is 0 Å². The van der Waals surface area contributed by atoms with Gasteiger partial charge in [0.1, 0.15) is 5.56 Å². The highest BCUT2D eigenvalue weighted by molar-refractivity contribution is 5.98. The van der Waals surface area contributed by atoms with E-state index in [1.807, 2.05) is 6.92 Å². The van der Waals surface area contributed by atoms with Crippen molar-refractivity contribution in [2.75, 3.05) is 40.5 Å². The Morgan fingerprint density at radius 3 is 2.82 bits per heavy atom. The summed E-state index contributed by atoms with van der Waals surface area (Å²) in [7, 11) is 4.71. The summed E-state index contributed by atoms with van der Waals surface area (Å²) in [6.45, 7) is 3.70. The van der Waals surface area contributed by atoms with Crippen molar-refractivity contribution in [2.45, 2.75) is 13.3 Å². The zero-order chi connectivity index (χ0) is 16.5. The smallest absolute Gasteiger partial charge is 0.261 e. The number of likely N-dealkylation sites (N-methyl/N-ethyl adjacent to an activating group) is 1. The van der Waals surface area contributed by atoms with E-state index in [0.717, 1.165) is 6.42 Å². The van der Waals surface area contributed by atoms with Crippen molar-refractivity contribution in [3.05, 3.63) is 11.8 Å². The summed E-state index contributed by atoms with van der Waals surface area (Å²) in [6, 6.07) is 0. The summed E-state index contributed by atoms with van der Waals surface area (Å²) in [5.41, 5.74) is 0.330. The highest BCUT2D eigenvalue weighted by Gasteiger charge is 2.21. The van der Waals surface area contributed by atoms with Gasteiger partial charge in [0, 0.05) is 40.1 Å². The second-order valence-corrected chi connectivity index (χ2v) is 4.79. The first-order valence-electron chi connectivity index (χ1n) is 7.17. The molecule has 1 aromatic rings. The van der Waals surface area contributed by atoms with E-state index in [-0.39, 0.29) is 24.2 Å². The zero-order valence-corrected chi connectivity index (χ0v) is 13.6. The van der Waals surface area contributed by atoms with Crippen molar-refractivity contribution in [3.8, 4) is 5.88 Å². The molecule has 8 nitrogen and oxygen atoms in total. The van der Waals surface area contributed by atoms with Crippen LogP contribution in [0.25, 0.3) is 0 Å². The van der Waals surface area contributed by atoms with Crippen molar-refractivity contribution >= 4 is 11.8 Å². The molecule has 22 heavy (non-hydrogen) atoms. The molecule has 0 saturated heterocycles. The monoisotopic (exact) mass is 312 g/mol. The van der Waals surface area contributed by atoms with Gasteiger partial charge in [0.05, 0.1) is 13.7 Å². The van der Waals surface area contributed by atoms with E-state index >= 15 is 0 Å². The van der Waals surface area contributed by atoms with Gasteiger partial charge < -0.3 is 19.7 Å². The Kier molecular flexibility index (Phi) is 7.38. The van der Waals surface area contributed by atoms with E-state index in [1.54, 1.807) is 20.3 Å².